The van der Waals surface area contributed by atoms with Crippen molar-refractivity contribution in [2.24, 2.45) is 0 Å². The molecule has 2 nitrogen and oxygen atoms in total. The summed E-state index contributed by atoms with van der Waals surface area (Å²) in [6.45, 7) is 3.95. The molecule has 1 N–H and O–H groups in total. The maximum atomic E-state index is 13.1. The van der Waals surface area contributed by atoms with Crippen LogP contribution in [0.3, 0.4) is 0 Å². The number of anilines is 1. The van der Waals surface area contributed by atoms with Crippen molar-refractivity contribution in [1.29, 1.82) is 5.26 Å². The highest BCUT2D eigenvalue weighted by Gasteiger charge is 2.13. The zero-order valence-electron chi connectivity index (χ0n) is 10.9. The first-order valence-electron chi connectivity index (χ1n) is 6.09. The van der Waals surface area contributed by atoms with E-state index >= 15 is 0 Å². The fraction of sp³-hybridized carbons (Fsp3) is 0.188. The summed E-state index contributed by atoms with van der Waals surface area (Å²) in [4.78, 5) is 0. The van der Waals surface area contributed by atoms with Crippen molar-refractivity contribution in [2.45, 2.75) is 19.9 Å². The number of benzene rings is 2. The smallest absolute Gasteiger partial charge is 0.140 e. The minimum Gasteiger partial charge on any atom is -0.366 e. The summed E-state index contributed by atoms with van der Waals surface area (Å²) in [6.07, 6.45) is 0. The van der Waals surface area contributed by atoms with E-state index in [9.17, 15) is 9.65 Å². The Balaban J connectivity index is 2.31. The van der Waals surface area contributed by atoms with Crippen molar-refractivity contribution >= 4 is 5.69 Å². The van der Waals surface area contributed by atoms with Gasteiger partial charge in [0.2, 0.25) is 0 Å². The van der Waals surface area contributed by atoms with Gasteiger partial charge in [0, 0.05) is 5.69 Å². The average molecular weight is 254 g/mol. The van der Waals surface area contributed by atoms with E-state index in [4.69, 9.17) is 0 Å². The van der Waals surface area contributed by atoms with Crippen molar-refractivity contribution in [3.63, 3.8) is 0 Å². The molecule has 3 heteroatoms. The summed E-state index contributed by atoms with van der Waals surface area (Å²) in [6, 6.07) is 13.8. The first kappa shape index (κ1) is 13.1. The van der Waals surface area contributed by atoms with Gasteiger partial charge >= 0.3 is 0 Å². The lowest BCUT2D eigenvalue weighted by atomic mass is 9.99. The van der Waals surface area contributed by atoms with Crippen LogP contribution >= 0.6 is 0 Å². The molecule has 0 heterocycles. The average Bonchev–Trinajstić information content (AvgIpc) is 2.39. The number of nitriles is 1. The number of nitrogens with zero attached hydrogens (tertiary/aromatic N) is 1. The van der Waals surface area contributed by atoms with Gasteiger partial charge in [-0.3, -0.25) is 0 Å². The van der Waals surface area contributed by atoms with Crippen LogP contribution in [0.1, 0.15) is 22.7 Å². The van der Waals surface area contributed by atoms with E-state index in [1.807, 2.05) is 32.0 Å². The molecule has 0 saturated heterocycles. The Kier molecular flexibility index (Phi) is 3.82. The standard InChI is InChI=1S/C16H15FN2/c1-11-6-7-12(2)15(8-11)16(10-18)19-14-5-3-4-13(17)9-14/h3-9,16,19H,1-2H3. The Morgan fingerprint density at radius 1 is 1.16 bits per heavy atom. The topological polar surface area (TPSA) is 35.8 Å². The SMILES string of the molecule is Cc1ccc(C)c(C(C#N)Nc2cccc(F)c2)c1. The second-order valence-corrected chi connectivity index (χ2v) is 4.58. The van der Waals surface area contributed by atoms with E-state index in [0.29, 0.717) is 5.69 Å². The summed E-state index contributed by atoms with van der Waals surface area (Å²) < 4.78 is 13.1. The highest BCUT2D eigenvalue weighted by atomic mass is 19.1. The molecule has 0 aliphatic carbocycles. The van der Waals surface area contributed by atoms with Gasteiger partial charge in [0.05, 0.1) is 6.07 Å². The molecule has 0 radical (unpaired) electrons. The van der Waals surface area contributed by atoms with E-state index in [-0.39, 0.29) is 5.82 Å². The number of rotatable bonds is 3. The first-order chi connectivity index (χ1) is 9.10. The Hall–Kier alpha value is -2.34. The lowest BCUT2D eigenvalue weighted by molar-refractivity contribution is 0.628. The van der Waals surface area contributed by atoms with Crippen molar-refractivity contribution in [2.75, 3.05) is 5.32 Å². The molecule has 0 spiro atoms. The van der Waals surface area contributed by atoms with Crippen LogP contribution in [-0.2, 0) is 0 Å². The molecule has 0 fully saturated rings. The van der Waals surface area contributed by atoms with Gasteiger partial charge in [-0.2, -0.15) is 5.26 Å². The molecular weight excluding hydrogens is 239 g/mol. The van der Waals surface area contributed by atoms with Gasteiger partial charge in [-0.05, 0) is 43.2 Å². The minimum atomic E-state index is -0.485. The van der Waals surface area contributed by atoms with Crippen molar-refractivity contribution in [3.05, 3.63) is 65.0 Å². The number of nitrogens with one attached hydrogen (secondary N) is 1. The monoisotopic (exact) mass is 254 g/mol. The lowest BCUT2D eigenvalue weighted by Gasteiger charge is -2.16. The van der Waals surface area contributed by atoms with E-state index < -0.39 is 6.04 Å². The van der Waals surface area contributed by atoms with Crippen LogP contribution in [0.5, 0.6) is 0 Å². The third kappa shape index (κ3) is 3.11. The summed E-state index contributed by atoms with van der Waals surface area (Å²) in [5.41, 5.74) is 3.67. The highest BCUT2D eigenvalue weighted by Crippen LogP contribution is 2.23. The van der Waals surface area contributed by atoms with E-state index in [1.54, 1.807) is 12.1 Å². The first-order valence-corrected chi connectivity index (χ1v) is 6.09. The minimum absolute atomic E-state index is 0.317. The zero-order chi connectivity index (χ0) is 13.8. The largest absolute Gasteiger partial charge is 0.366 e. The molecule has 1 unspecified atom stereocenters. The molecule has 0 saturated carbocycles. The van der Waals surface area contributed by atoms with Crippen molar-refractivity contribution in [3.8, 4) is 6.07 Å². The van der Waals surface area contributed by atoms with Crippen LogP contribution in [0.15, 0.2) is 42.5 Å². The molecule has 2 rings (SSSR count). The normalized spacial score (nSPS) is 11.7. The lowest BCUT2D eigenvalue weighted by Crippen LogP contribution is -2.10. The van der Waals surface area contributed by atoms with Gasteiger partial charge in [0.25, 0.3) is 0 Å². The van der Waals surface area contributed by atoms with Gasteiger partial charge in [0.1, 0.15) is 11.9 Å². The molecule has 0 bridgehead atoms. The molecule has 2 aromatic carbocycles. The van der Waals surface area contributed by atoms with Crippen LogP contribution in [0.25, 0.3) is 0 Å². The van der Waals surface area contributed by atoms with Gasteiger partial charge in [-0.15, -0.1) is 0 Å². The van der Waals surface area contributed by atoms with Crippen molar-refractivity contribution < 1.29 is 4.39 Å². The molecule has 0 amide bonds. The third-order valence-corrected chi connectivity index (χ3v) is 3.01. The quantitative estimate of drug-likeness (QED) is 0.894. The molecule has 0 aliphatic heterocycles. The van der Waals surface area contributed by atoms with Crippen LogP contribution in [0.4, 0.5) is 10.1 Å². The molecule has 19 heavy (non-hydrogen) atoms. The Morgan fingerprint density at radius 3 is 2.63 bits per heavy atom. The zero-order valence-corrected chi connectivity index (χ0v) is 10.9. The van der Waals surface area contributed by atoms with Crippen LogP contribution in [0, 0.1) is 31.0 Å². The predicted molar refractivity (Wildman–Crippen MR) is 74.3 cm³/mol. The Morgan fingerprint density at radius 2 is 1.95 bits per heavy atom. The molecule has 0 aromatic heterocycles. The van der Waals surface area contributed by atoms with Crippen LogP contribution < -0.4 is 5.32 Å². The number of halogens is 1. The second-order valence-electron chi connectivity index (χ2n) is 4.58. The molecule has 0 aliphatic rings. The highest BCUT2D eigenvalue weighted by molar-refractivity contribution is 5.49. The summed E-state index contributed by atoms with van der Waals surface area (Å²) >= 11 is 0. The maximum Gasteiger partial charge on any atom is 0.140 e. The Labute approximate surface area is 112 Å². The number of hydrogen-bond acceptors (Lipinski definition) is 2. The Bertz CT molecular complexity index is 629. The number of aryl methyl sites for hydroxylation is 2. The third-order valence-electron chi connectivity index (χ3n) is 3.01. The van der Waals surface area contributed by atoms with E-state index in [0.717, 1.165) is 16.7 Å². The van der Waals surface area contributed by atoms with Crippen molar-refractivity contribution in [1.82, 2.24) is 0 Å². The van der Waals surface area contributed by atoms with E-state index in [2.05, 4.69) is 11.4 Å². The van der Waals surface area contributed by atoms with Crippen LogP contribution in [0.2, 0.25) is 0 Å². The summed E-state index contributed by atoms with van der Waals surface area (Å²) in [5.74, 6) is -0.317. The second kappa shape index (κ2) is 5.53. The fourth-order valence-corrected chi connectivity index (χ4v) is 2.00. The van der Waals surface area contributed by atoms with Gasteiger partial charge in [-0.25, -0.2) is 4.39 Å². The van der Waals surface area contributed by atoms with Gasteiger partial charge < -0.3 is 5.32 Å². The van der Waals surface area contributed by atoms with Gasteiger partial charge in [0.15, 0.2) is 0 Å². The maximum absolute atomic E-state index is 13.1. The summed E-state index contributed by atoms with van der Waals surface area (Å²) in [5, 5.41) is 12.4. The molecular formula is C16H15FN2. The molecule has 96 valence electrons. The number of hydrogen-bond donors (Lipinski definition) is 1. The van der Waals surface area contributed by atoms with Crippen LogP contribution in [-0.4, -0.2) is 0 Å². The van der Waals surface area contributed by atoms with E-state index in [1.165, 1.54) is 12.1 Å². The molecule has 2 aromatic rings. The van der Waals surface area contributed by atoms with Gasteiger partial charge in [-0.1, -0.05) is 29.8 Å². The summed E-state index contributed by atoms with van der Waals surface area (Å²) in [7, 11) is 0. The molecule has 1 atom stereocenters. The predicted octanol–water partition coefficient (Wildman–Crippen LogP) is 4.12. The fourth-order valence-electron chi connectivity index (χ4n) is 2.00.